The maximum Gasteiger partial charge on any atom is 0.203 e. The highest BCUT2D eigenvalue weighted by Crippen LogP contribution is 2.51. The van der Waals surface area contributed by atoms with Crippen LogP contribution in [0.2, 0.25) is 0 Å². The fourth-order valence-electron chi connectivity index (χ4n) is 4.03. The molecule has 4 unspecified atom stereocenters. The molecule has 2 aromatic carbocycles. The van der Waals surface area contributed by atoms with E-state index in [0.29, 0.717) is 45.6 Å². The minimum Gasteiger partial charge on any atom is -0.493 e. The standard InChI is InChI=1S/C23H30O9/c1-23(13-10-16(28-4)21(31-7)17(11-13)29-5)22(25)18(24)19(32-23)12-8-14(26-2)20(30-6)15(9-12)27-3/h8-11,18-19,22,24-25H,1-7H3. The zero-order valence-corrected chi connectivity index (χ0v) is 19.3. The predicted octanol–water partition coefficient (Wildman–Crippen LogP) is 2.45. The lowest BCUT2D eigenvalue weighted by molar-refractivity contribution is -0.0762. The Labute approximate surface area is 187 Å². The minimum atomic E-state index is -1.28. The molecule has 4 atom stereocenters. The first-order chi connectivity index (χ1) is 15.3. The molecule has 0 radical (unpaired) electrons. The summed E-state index contributed by atoms with van der Waals surface area (Å²) < 4.78 is 38.7. The lowest BCUT2D eigenvalue weighted by Gasteiger charge is -2.29. The molecule has 9 heteroatoms. The van der Waals surface area contributed by atoms with Gasteiger partial charge >= 0.3 is 0 Å². The maximum absolute atomic E-state index is 11.0. The smallest absolute Gasteiger partial charge is 0.203 e. The molecule has 2 aromatic rings. The van der Waals surface area contributed by atoms with Crippen LogP contribution in [0, 0.1) is 0 Å². The number of ether oxygens (including phenoxy) is 7. The third kappa shape index (κ3) is 3.76. The zero-order valence-electron chi connectivity index (χ0n) is 19.3. The van der Waals surface area contributed by atoms with Crippen LogP contribution in [0.5, 0.6) is 34.5 Å². The van der Waals surface area contributed by atoms with Crippen molar-refractivity contribution in [1.29, 1.82) is 0 Å². The van der Waals surface area contributed by atoms with E-state index in [2.05, 4.69) is 0 Å². The molecule has 0 amide bonds. The molecule has 1 aliphatic heterocycles. The third-order valence-corrected chi connectivity index (χ3v) is 5.82. The van der Waals surface area contributed by atoms with Gasteiger partial charge in [0.2, 0.25) is 11.5 Å². The van der Waals surface area contributed by atoms with Crippen LogP contribution in [-0.2, 0) is 10.3 Å². The SMILES string of the molecule is COc1cc(C2OC(C)(c3cc(OC)c(OC)c(OC)c3)C(O)C2O)cc(OC)c1OC. The molecule has 32 heavy (non-hydrogen) atoms. The Morgan fingerprint density at radius 2 is 1.09 bits per heavy atom. The van der Waals surface area contributed by atoms with Crippen LogP contribution in [0.1, 0.15) is 24.2 Å². The summed E-state index contributed by atoms with van der Waals surface area (Å²) in [5.41, 5.74) is -0.173. The van der Waals surface area contributed by atoms with Gasteiger partial charge in [-0.3, -0.25) is 0 Å². The number of aliphatic hydroxyl groups excluding tert-OH is 2. The normalized spacial score (nSPS) is 24.7. The van der Waals surface area contributed by atoms with E-state index in [4.69, 9.17) is 33.2 Å². The Hall–Kier alpha value is -2.88. The first kappa shape index (κ1) is 23.8. The molecule has 0 saturated carbocycles. The van der Waals surface area contributed by atoms with Crippen molar-refractivity contribution in [2.45, 2.75) is 30.8 Å². The van der Waals surface area contributed by atoms with Crippen molar-refractivity contribution >= 4 is 0 Å². The summed E-state index contributed by atoms with van der Waals surface area (Å²) in [5, 5.41) is 22.0. The Balaban J connectivity index is 2.08. The molecule has 9 nitrogen and oxygen atoms in total. The van der Waals surface area contributed by atoms with E-state index in [9.17, 15) is 10.2 Å². The van der Waals surface area contributed by atoms with Crippen molar-refractivity contribution in [2.75, 3.05) is 42.7 Å². The number of hydrogen-bond acceptors (Lipinski definition) is 9. The van der Waals surface area contributed by atoms with Gasteiger partial charge in [-0.05, 0) is 42.3 Å². The van der Waals surface area contributed by atoms with Crippen molar-refractivity contribution in [3.8, 4) is 34.5 Å². The second-order valence-corrected chi connectivity index (χ2v) is 7.45. The molecule has 0 spiro atoms. The topological polar surface area (TPSA) is 105 Å². The number of rotatable bonds is 8. The van der Waals surface area contributed by atoms with Gasteiger partial charge in [0, 0.05) is 0 Å². The van der Waals surface area contributed by atoms with Gasteiger partial charge in [0.05, 0.1) is 42.7 Å². The third-order valence-electron chi connectivity index (χ3n) is 5.82. The van der Waals surface area contributed by atoms with Crippen LogP contribution in [0.4, 0.5) is 0 Å². The number of methoxy groups -OCH3 is 6. The average molecular weight is 450 g/mol. The lowest BCUT2D eigenvalue weighted by atomic mass is 9.88. The minimum absolute atomic E-state index is 0.407. The Morgan fingerprint density at radius 1 is 0.688 bits per heavy atom. The maximum atomic E-state index is 11.0. The van der Waals surface area contributed by atoms with Gasteiger partial charge < -0.3 is 43.4 Å². The highest BCUT2D eigenvalue weighted by Gasteiger charge is 2.53. The summed E-state index contributed by atoms with van der Waals surface area (Å²) in [6.07, 6.45) is -3.36. The van der Waals surface area contributed by atoms with E-state index in [-0.39, 0.29) is 0 Å². The highest BCUT2D eigenvalue weighted by molar-refractivity contribution is 5.56. The quantitative estimate of drug-likeness (QED) is 0.627. The largest absolute Gasteiger partial charge is 0.493 e. The average Bonchev–Trinajstić information content (AvgIpc) is 3.06. The molecule has 1 heterocycles. The van der Waals surface area contributed by atoms with Crippen LogP contribution < -0.4 is 28.4 Å². The summed E-state index contributed by atoms with van der Waals surface area (Å²) >= 11 is 0. The summed E-state index contributed by atoms with van der Waals surface area (Å²) in [6, 6.07) is 6.75. The second kappa shape index (κ2) is 9.32. The Morgan fingerprint density at radius 3 is 1.47 bits per heavy atom. The van der Waals surface area contributed by atoms with Gasteiger partial charge in [0.15, 0.2) is 23.0 Å². The predicted molar refractivity (Wildman–Crippen MR) is 115 cm³/mol. The van der Waals surface area contributed by atoms with Crippen LogP contribution in [-0.4, -0.2) is 65.1 Å². The number of benzene rings is 2. The van der Waals surface area contributed by atoms with Crippen LogP contribution in [0.3, 0.4) is 0 Å². The van der Waals surface area contributed by atoms with E-state index in [1.807, 2.05) is 0 Å². The molecule has 0 aromatic heterocycles. The monoisotopic (exact) mass is 450 g/mol. The highest BCUT2D eigenvalue weighted by atomic mass is 16.6. The van der Waals surface area contributed by atoms with Crippen molar-refractivity contribution in [1.82, 2.24) is 0 Å². The van der Waals surface area contributed by atoms with E-state index < -0.39 is 23.9 Å². The first-order valence-electron chi connectivity index (χ1n) is 9.93. The van der Waals surface area contributed by atoms with Crippen molar-refractivity contribution in [3.63, 3.8) is 0 Å². The summed E-state index contributed by atoms with van der Waals surface area (Å²) in [5.74, 6) is 2.46. The lowest BCUT2D eigenvalue weighted by Crippen LogP contribution is -2.38. The number of hydrogen-bond donors (Lipinski definition) is 2. The van der Waals surface area contributed by atoms with Crippen LogP contribution in [0.25, 0.3) is 0 Å². The molecule has 2 N–H and O–H groups in total. The van der Waals surface area contributed by atoms with Crippen molar-refractivity contribution < 1.29 is 43.4 Å². The summed E-state index contributed by atoms with van der Waals surface area (Å²) in [7, 11) is 9.02. The fraction of sp³-hybridized carbons (Fsp3) is 0.478. The molecular weight excluding hydrogens is 420 g/mol. The van der Waals surface area contributed by atoms with Crippen molar-refractivity contribution in [3.05, 3.63) is 35.4 Å². The van der Waals surface area contributed by atoms with E-state index in [1.54, 1.807) is 31.2 Å². The molecular formula is C23H30O9. The molecule has 1 aliphatic rings. The van der Waals surface area contributed by atoms with E-state index in [0.717, 1.165) is 0 Å². The van der Waals surface area contributed by atoms with Crippen molar-refractivity contribution in [2.24, 2.45) is 0 Å². The summed E-state index contributed by atoms with van der Waals surface area (Å²) in [6.45, 7) is 1.69. The molecule has 0 bridgehead atoms. The van der Waals surface area contributed by atoms with Gasteiger partial charge in [0.1, 0.15) is 23.9 Å². The number of aliphatic hydroxyl groups is 2. The fourth-order valence-corrected chi connectivity index (χ4v) is 4.03. The zero-order chi connectivity index (χ0) is 23.6. The Bertz CT molecular complexity index is 910. The first-order valence-corrected chi connectivity index (χ1v) is 9.93. The van der Waals surface area contributed by atoms with Gasteiger partial charge in [-0.25, -0.2) is 0 Å². The summed E-state index contributed by atoms with van der Waals surface area (Å²) in [4.78, 5) is 0. The molecule has 1 saturated heterocycles. The van der Waals surface area contributed by atoms with Gasteiger partial charge in [0.25, 0.3) is 0 Å². The van der Waals surface area contributed by atoms with Gasteiger partial charge in [-0.2, -0.15) is 0 Å². The van der Waals surface area contributed by atoms with E-state index >= 15 is 0 Å². The van der Waals surface area contributed by atoms with Crippen LogP contribution in [0.15, 0.2) is 24.3 Å². The van der Waals surface area contributed by atoms with Crippen LogP contribution >= 0.6 is 0 Å². The molecule has 176 valence electrons. The molecule has 3 rings (SSSR count). The van der Waals surface area contributed by atoms with Gasteiger partial charge in [-0.15, -0.1) is 0 Å². The van der Waals surface area contributed by atoms with Gasteiger partial charge in [-0.1, -0.05) is 0 Å². The molecule has 1 fully saturated rings. The second-order valence-electron chi connectivity index (χ2n) is 7.45. The van der Waals surface area contributed by atoms with E-state index in [1.165, 1.54) is 42.7 Å². The Kier molecular flexibility index (Phi) is 6.92. The molecule has 0 aliphatic carbocycles.